The molecule has 1 aromatic carbocycles. The van der Waals surface area contributed by atoms with Gasteiger partial charge in [0.1, 0.15) is 0 Å². The van der Waals surface area contributed by atoms with Crippen molar-refractivity contribution in [3.63, 3.8) is 0 Å². The van der Waals surface area contributed by atoms with Crippen LogP contribution in [0, 0.1) is 6.92 Å². The maximum atomic E-state index is 12.3. The minimum atomic E-state index is -0.109. The van der Waals surface area contributed by atoms with Crippen LogP contribution in [0.4, 0.5) is 5.69 Å². The predicted molar refractivity (Wildman–Crippen MR) is 86.2 cm³/mol. The van der Waals surface area contributed by atoms with E-state index in [9.17, 15) is 4.79 Å². The number of nitrogens with one attached hydrogen (secondary N) is 1. The highest BCUT2D eigenvalue weighted by Gasteiger charge is 2.16. The normalized spacial score (nSPS) is 18.0. The molecular weight excluding hydrogens is 276 g/mol. The molecule has 0 spiro atoms. The lowest BCUT2D eigenvalue weighted by Crippen LogP contribution is -2.16. The fourth-order valence-corrected chi connectivity index (χ4v) is 2.72. The third-order valence-electron chi connectivity index (χ3n) is 4.06. The van der Waals surface area contributed by atoms with E-state index in [1.807, 2.05) is 43.3 Å². The Balaban J connectivity index is 1.69. The number of aryl methyl sites for hydroxylation is 1. The van der Waals surface area contributed by atoms with Gasteiger partial charge in [-0.3, -0.25) is 9.78 Å². The Labute approximate surface area is 130 Å². The second kappa shape index (κ2) is 6.71. The number of benzene rings is 1. The number of hydrogen-bond acceptors (Lipinski definition) is 3. The van der Waals surface area contributed by atoms with Crippen molar-refractivity contribution in [3.8, 4) is 0 Å². The predicted octanol–water partition coefficient (Wildman–Crippen LogP) is 3.54. The maximum absolute atomic E-state index is 12.3. The van der Waals surface area contributed by atoms with E-state index in [-0.39, 0.29) is 5.91 Å². The monoisotopic (exact) mass is 296 g/mol. The Morgan fingerprint density at radius 1 is 1.27 bits per heavy atom. The maximum Gasteiger partial charge on any atom is 0.255 e. The smallest absolute Gasteiger partial charge is 0.255 e. The summed E-state index contributed by atoms with van der Waals surface area (Å²) in [7, 11) is 0. The third-order valence-corrected chi connectivity index (χ3v) is 4.06. The van der Waals surface area contributed by atoms with Gasteiger partial charge in [0.2, 0.25) is 0 Å². The van der Waals surface area contributed by atoms with Gasteiger partial charge in [-0.1, -0.05) is 12.1 Å². The first-order valence-electron chi connectivity index (χ1n) is 7.65. The summed E-state index contributed by atoms with van der Waals surface area (Å²) in [4.78, 5) is 16.5. The summed E-state index contributed by atoms with van der Waals surface area (Å²) in [5, 5.41) is 2.90. The van der Waals surface area contributed by atoms with Gasteiger partial charge in [-0.25, -0.2) is 0 Å². The largest absolute Gasteiger partial charge is 0.381 e. The standard InChI is InChI=1S/C18H20N2O2/c1-13-17(5-2-10-19-13)20-18(21)15-8-6-14(7-9-15)16-4-3-11-22-12-16/h2,5-10,16H,3-4,11-12H2,1H3,(H,20,21). The molecule has 1 N–H and O–H groups in total. The van der Waals surface area contributed by atoms with E-state index in [0.717, 1.165) is 37.4 Å². The molecule has 1 unspecified atom stereocenters. The van der Waals surface area contributed by atoms with Crippen molar-refractivity contribution in [2.24, 2.45) is 0 Å². The number of amides is 1. The molecule has 1 fully saturated rings. The Bertz CT molecular complexity index is 646. The van der Waals surface area contributed by atoms with Gasteiger partial charge in [0.15, 0.2) is 0 Å². The Morgan fingerprint density at radius 3 is 2.77 bits per heavy atom. The Kier molecular flexibility index (Phi) is 4.49. The summed E-state index contributed by atoms with van der Waals surface area (Å²) in [5.41, 5.74) is 3.46. The average molecular weight is 296 g/mol. The molecule has 1 aliphatic heterocycles. The lowest BCUT2D eigenvalue weighted by Gasteiger charge is -2.22. The number of ether oxygens (including phenoxy) is 1. The van der Waals surface area contributed by atoms with E-state index in [1.54, 1.807) is 6.20 Å². The van der Waals surface area contributed by atoms with Crippen LogP contribution < -0.4 is 5.32 Å². The molecule has 2 aromatic rings. The zero-order chi connectivity index (χ0) is 15.4. The molecule has 1 aliphatic rings. The second-order valence-electron chi connectivity index (χ2n) is 5.63. The molecule has 2 heterocycles. The summed E-state index contributed by atoms with van der Waals surface area (Å²) < 4.78 is 5.52. The van der Waals surface area contributed by atoms with E-state index in [1.165, 1.54) is 5.56 Å². The molecule has 1 saturated heterocycles. The number of rotatable bonds is 3. The summed E-state index contributed by atoms with van der Waals surface area (Å²) in [6, 6.07) is 11.5. The van der Waals surface area contributed by atoms with Gasteiger partial charge < -0.3 is 10.1 Å². The zero-order valence-corrected chi connectivity index (χ0v) is 12.7. The lowest BCUT2D eigenvalue weighted by atomic mass is 9.93. The fraction of sp³-hybridized carbons (Fsp3) is 0.333. The van der Waals surface area contributed by atoms with Crippen molar-refractivity contribution in [2.75, 3.05) is 18.5 Å². The molecule has 0 aliphatic carbocycles. The first-order chi connectivity index (χ1) is 10.7. The molecule has 3 rings (SSSR count). The van der Waals surface area contributed by atoms with Crippen LogP contribution in [0.3, 0.4) is 0 Å². The molecule has 114 valence electrons. The molecule has 0 radical (unpaired) electrons. The van der Waals surface area contributed by atoms with Gasteiger partial charge in [-0.15, -0.1) is 0 Å². The minimum absolute atomic E-state index is 0.109. The molecule has 0 saturated carbocycles. The van der Waals surface area contributed by atoms with Crippen LogP contribution in [0.15, 0.2) is 42.6 Å². The molecular formula is C18H20N2O2. The highest BCUT2D eigenvalue weighted by molar-refractivity contribution is 6.04. The van der Waals surface area contributed by atoms with Crippen molar-refractivity contribution >= 4 is 11.6 Å². The first-order valence-corrected chi connectivity index (χ1v) is 7.65. The van der Waals surface area contributed by atoms with Gasteiger partial charge >= 0.3 is 0 Å². The molecule has 0 bridgehead atoms. The van der Waals surface area contributed by atoms with Crippen LogP contribution in [-0.2, 0) is 4.74 Å². The van der Waals surface area contributed by atoms with E-state index in [4.69, 9.17) is 4.74 Å². The second-order valence-corrected chi connectivity index (χ2v) is 5.63. The molecule has 4 nitrogen and oxygen atoms in total. The summed E-state index contributed by atoms with van der Waals surface area (Å²) in [5.74, 6) is 0.342. The Morgan fingerprint density at radius 2 is 2.09 bits per heavy atom. The zero-order valence-electron chi connectivity index (χ0n) is 12.7. The van der Waals surface area contributed by atoms with E-state index in [0.29, 0.717) is 11.5 Å². The van der Waals surface area contributed by atoms with Gasteiger partial charge in [0, 0.05) is 24.3 Å². The number of anilines is 1. The van der Waals surface area contributed by atoms with Crippen LogP contribution in [0.5, 0.6) is 0 Å². The van der Waals surface area contributed by atoms with E-state index in [2.05, 4.69) is 10.3 Å². The van der Waals surface area contributed by atoms with E-state index < -0.39 is 0 Å². The quantitative estimate of drug-likeness (QED) is 0.942. The SMILES string of the molecule is Cc1ncccc1NC(=O)c1ccc(C2CCCOC2)cc1. The number of hydrogen-bond donors (Lipinski definition) is 1. The third kappa shape index (κ3) is 3.34. The first kappa shape index (κ1) is 14.7. The summed E-state index contributed by atoms with van der Waals surface area (Å²) in [6.45, 7) is 3.52. The van der Waals surface area contributed by atoms with Crippen molar-refractivity contribution in [3.05, 3.63) is 59.4 Å². The summed E-state index contributed by atoms with van der Waals surface area (Å²) >= 11 is 0. The van der Waals surface area contributed by atoms with Crippen LogP contribution >= 0.6 is 0 Å². The number of aromatic nitrogens is 1. The van der Waals surface area contributed by atoms with Gasteiger partial charge in [-0.2, -0.15) is 0 Å². The van der Waals surface area contributed by atoms with Crippen molar-refractivity contribution < 1.29 is 9.53 Å². The number of carbonyl (C=O) groups excluding carboxylic acids is 1. The van der Waals surface area contributed by atoms with Crippen LogP contribution in [0.2, 0.25) is 0 Å². The number of nitrogens with zero attached hydrogens (tertiary/aromatic N) is 1. The molecule has 1 atom stereocenters. The fourth-order valence-electron chi connectivity index (χ4n) is 2.72. The van der Waals surface area contributed by atoms with Crippen LogP contribution in [0.1, 0.15) is 40.4 Å². The van der Waals surface area contributed by atoms with Gasteiger partial charge in [-0.05, 0) is 49.6 Å². The van der Waals surface area contributed by atoms with Crippen molar-refractivity contribution in [2.45, 2.75) is 25.7 Å². The highest BCUT2D eigenvalue weighted by Crippen LogP contribution is 2.25. The average Bonchev–Trinajstić information content (AvgIpc) is 2.58. The number of carbonyl (C=O) groups is 1. The van der Waals surface area contributed by atoms with Gasteiger partial charge in [0.05, 0.1) is 18.0 Å². The number of pyridine rings is 1. The lowest BCUT2D eigenvalue weighted by molar-refractivity contribution is 0.0804. The van der Waals surface area contributed by atoms with Crippen molar-refractivity contribution in [1.29, 1.82) is 0 Å². The molecule has 1 aromatic heterocycles. The topological polar surface area (TPSA) is 51.2 Å². The Hall–Kier alpha value is -2.20. The van der Waals surface area contributed by atoms with Gasteiger partial charge in [0.25, 0.3) is 5.91 Å². The van der Waals surface area contributed by atoms with E-state index >= 15 is 0 Å². The highest BCUT2D eigenvalue weighted by atomic mass is 16.5. The molecule has 4 heteroatoms. The summed E-state index contributed by atoms with van der Waals surface area (Å²) in [6.07, 6.45) is 3.97. The van der Waals surface area contributed by atoms with Crippen molar-refractivity contribution in [1.82, 2.24) is 4.98 Å². The van der Waals surface area contributed by atoms with Crippen LogP contribution in [-0.4, -0.2) is 24.1 Å². The molecule has 22 heavy (non-hydrogen) atoms. The minimum Gasteiger partial charge on any atom is -0.381 e. The van der Waals surface area contributed by atoms with Crippen LogP contribution in [0.25, 0.3) is 0 Å². The molecule has 1 amide bonds.